The number of hydrogen-bond acceptors (Lipinski definition) is 5. The molecule has 6 rings (SSSR count). The van der Waals surface area contributed by atoms with Crippen LogP contribution in [0.4, 0.5) is 24.8 Å². The van der Waals surface area contributed by atoms with E-state index in [1.165, 1.54) is 12.1 Å². The maximum atomic E-state index is 14.1. The molecule has 3 aromatic heterocycles. The fourth-order valence-electron chi connectivity index (χ4n) is 5.12. The smallest absolute Gasteiger partial charge is 0.383 e. The first kappa shape index (κ1) is 23.0. The largest absolute Gasteiger partial charge is 0.416 e. The molecule has 0 aliphatic heterocycles. The van der Waals surface area contributed by atoms with E-state index in [1.54, 1.807) is 65.6 Å². The minimum atomic E-state index is -4.43. The average Bonchev–Trinajstić information content (AvgIpc) is 3.50. The molecule has 0 saturated carbocycles. The molecule has 0 saturated heterocycles. The van der Waals surface area contributed by atoms with Crippen LogP contribution < -0.4 is 10.6 Å². The van der Waals surface area contributed by atoms with Gasteiger partial charge in [-0.1, -0.05) is 6.07 Å². The summed E-state index contributed by atoms with van der Waals surface area (Å²) < 4.78 is 41.5. The van der Waals surface area contributed by atoms with Crippen LogP contribution in [0.5, 0.6) is 0 Å². The predicted molar refractivity (Wildman–Crippen MR) is 134 cm³/mol. The van der Waals surface area contributed by atoms with Gasteiger partial charge in [-0.3, -0.25) is 19.4 Å². The summed E-state index contributed by atoms with van der Waals surface area (Å²) >= 11 is 0. The number of pyridine rings is 2. The van der Waals surface area contributed by atoms with E-state index in [0.717, 1.165) is 22.2 Å². The molecule has 5 aromatic rings. The van der Waals surface area contributed by atoms with Crippen molar-refractivity contribution in [2.45, 2.75) is 25.1 Å². The summed E-state index contributed by atoms with van der Waals surface area (Å²) in [5, 5.41) is 6.69. The third-order valence-corrected chi connectivity index (χ3v) is 6.86. The van der Waals surface area contributed by atoms with Crippen LogP contribution in [0, 0.1) is 0 Å². The maximum Gasteiger partial charge on any atom is 0.416 e. The second kappa shape index (κ2) is 8.29. The fraction of sp³-hybridized carbons (Fsp3) is 0.185. The van der Waals surface area contributed by atoms with Gasteiger partial charge in [-0.25, -0.2) is 4.98 Å². The summed E-state index contributed by atoms with van der Waals surface area (Å²) in [6, 6.07) is 11.9. The Morgan fingerprint density at radius 1 is 1.08 bits per heavy atom. The van der Waals surface area contributed by atoms with Gasteiger partial charge in [0.15, 0.2) is 5.82 Å². The number of carbonyl (C=O) groups is 1. The molecule has 37 heavy (non-hydrogen) atoms. The van der Waals surface area contributed by atoms with Gasteiger partial charge in [-0.2, -0.15) is 18.3 Å². The van der Waals surface area contributed by atoms with Crippen LogP contribution in [0.1, 0.15) is 39.5 Å². The molecule has 1 amide bonds. The van der Waals surface area contributed by atoms with Gasteiger partial charge in [0.25, 0.3) is 5.91 Å². The number of anilines is 2. The van der Waals surface area contributed by atoms with Crippen LogP contribution in [0.15, 0.2) is 67.1 Å². The van der Waals surface area contributed by atoms with E-state index in [0.29, 0.717) is 46.7 Å². The number of aromatic nitrogens is 4. The predicted octanol–water partition coefficient (Wildman–Crippen LogP) is 5.45. The summed E-state index contributed by atoms with van der Waals surface area (Å²) in [6.45, 7) is 0. The van der Waals surface area contributed by atoms with Crippen LogP contribution in [0.3, 0.4) is 0 Å². The van der Waals surface area contributed by atoms with Crippen LogP contribution in [-0.4, -0.2) is 25.7 Å². The number of amides is 1. The molecule has 3 heterocycles. The Kier molecular flexibility index (Phi) is 5.15. The number of nitrogens with zero attached hydrogens (tertiary/aromatic N) is 5. The monoisotopic (exact) mass is 502 g/mol. The molecular weight excluding hydrogens is 481 g/mol. The van der Waals surface area contributed by atoms with Crippen LogP contribution in [-0.2, 0) is 19.6 Å². The van der Waals surface area contributed by atoms with Crippen molar-refractivity contribution in [1.29, 1.82) is 0 Å². The van der Waals surface area contributed by atoms with Crippen molar-refractivity contribution >= 4 is 39.2 Å². The highest BCUT2D eigenvalue weighted by Gasteiger charge is 2.37. The van der Waals surface area contributed by atoms with Crippen molar-refractivity contribution < 1.29 is 18.0 Å². The van der Waals surface area contributed by atoms with Crippen molar-refractivity contribution in [2.24, 2.45) is 7.05 Å². The molecule has 0 spiro atoms. The van der Waals surface area contributed by atoms with Gasteiger partial charge in [-0.15, -0.1) is 0 Å². The number of hydrogen-bond donors (Lipinski definition) is 1. The molecule has 7 nitrogen and oxygen atoms in total. The lowest BCUT2D eigenvalue weighted by Gasteiger charge is -2.28. The Labute approximate surface area is 209 Å². The molecular formula is C27H21F3N6O. The molecule has 2 aromatic carbocycles. The first-order chi connectivity index (χ1) is 17.7. The van der Waals surface area contributed by atoms with E-state index in [4.69, 9.17) is 5.73 Å². The highest BCUT2D eigenvalue weighted by molar-refractivity contribution is 6.13. The van der Waals surface area contributed by atoms with Crippen molar-refractivity contribution in [3.63, 3.8) is 0 Å². The van der Waals surface area contributed by atoms with Gasteiger partial charge in [0.2, 0.25) is 0 Å². The zero-order valence-corrected chi connectivity index (χ0v) is 19.7. The van der Waals surface area contributed by atoms with E-state index < -0.39 is 17.8 Å². The zero-order valence-electron chi connectivity index (χ0n) is 19.7. The normalized spacial score (nSPS) is 15.3. The van der Waals surface area contributed by atoms with Crippen molar-refractivity contribution in [3.05, 3.63) is 89.4 Å². The first-order valence-electron chi connectivity index (χ1n) is 11.7. The van der Waals surface area contributed by atoms with Gasteiger partial charge in [0.05, 0.1) is 17.1 Å². The van der Waals surface area contributed by atoms with E-state index in [9.17, 15) is 18.0 Å². The molecule has 0 fully saturated rings. The molecule has 1 aliphatic rings. The van der Waals surface area contributed by atoms with E-state index in [1.807, 2.05) is 0 Å². The lowest BCUT2D eigenvalue weighted by molar-refractivity contribution is -0.137. The minimum Gasteiger partial charge on any atom is -0.383 e. The lowest BCUT2D eigenvalue weighted by Crippen LogP contribution is -2.34. The zero-order chi connectivity index (χ0) is 25.9. The molecule has 10 heteroatoms. The summed E-state index contributed by atoms with van der Waals surface area (Å²) in [5.41, 5.74) is 7.73. The Morgan fingerprint density at radius 2 is 1.92 bits per heavy atom. The number of fused-ring (bicyclic) bond motifs is 4. The number of benzene rings is 2. The van der Waals surface area contributed by atoms with Gasteiger partial charge in [0.1, 0.15) is 5.82 Å². The summed E-state index contributed by atoms with van der Waals surface area (Å²) in [5.74, 6) is 0.486. The van der Waals surface area contributed by atoms with Gasteiger partial charge in [0, 0.05) is 53.4 Å². The number of aryl methyl sites for hydroxylation is 2. The van der Waals surface area contributed by atoms with Crippen molar-refractivity contribution in [3.8, 4) is 0 Å². The SMILES string of the molecule is Cn1ccc(N(C(=O)c2ccc3nc(N)c4ccncc4c3c2)C2CCc3cc(C(F)(F)F)ccc32)n1. The number of rotatable bonds is 3. The molecule has 0 radical (unpaired) electrons. The number of carbonyl (C=O) groups excluding carboxylic acids is 1. The third kappa shape index (κ3) is 3.85. The molecule has 1 unspecified atom stereocenters. The number of nitrogen functional groups attached to an aromatic ring is 1. The Bertz CT molecular complexity index is 1690. The summed E-state index contributed by atoms with van der Waals surface area (Å²) in [6.07, 6.45) is 1.53. The molecule has 186 valence electrons. The highest BCUT2D eigenvalue weighted by atomic mass is 19.4. The van der Waals surface area contributed by atoms with Crippen LogP contribution >= 0.6 is 0 Å². The number of alkyl halides is 3. The van der Waals surface area contributed by atoms with Crippen LogP contribution in [0.25, 0.3) is 21.7 Å². The summed E-state index contributed by atoms with van der Waals surface area (Å²) in [4.78, 5) is 24.3. The third-order valence-electron chi connectivity index (χ3n) is 6.86. The highest BCUT2D eigenvalue weighted by Crippen LogP contribution is 2.41. The molecule has 1 atom stereocenters. The van der Waals surface area contributed by atoms with E-state index in [-0.39, 0.29) is 5.91 Å². The average molecular weight is 503 g/mol. The number of halogens is 3. The minimum absolute atomic E-state index is 0.313. The Morgan fingerprint density at radius 3 is 2.68 bits per heavy atom. The van der Waals surface area contributed by atoms with E-state index in [2.05, 4.69) is 15.1 Å². The van der Waals surface area contributed by atoms with Crippen molar-refractivity contribution in [1.82, 2.24) is 19.7 Å². The summed E-state index contributed by atoms with van der Waals surface area (Å²) in [7, 11) is 1.75. The number of nitrogens with two attached hydrogens (primary N) is 1. The molecule has 1 aliphatic carbocycles. The van der Waals surface area contributed by atoms with Crippen LogP contribution in [0.2, 0.25) is 0 Å². The molecule has 2 N–H and O–H groups in total. The topological polar surface area (TPSA) is 89.9 Å². The van der Waals surface area contributed by atoms with Gasteiger partial charge < -0.3 is 5.73 Å². The van der Waals surface area contributed by atoms with Gasteiger partial charge in [-0.05, 0) is 60.4 Å². The quantitative estimate of drug-likeness (QED) is 0.331. The molecule has 0 bridgehead atoms. The second-order valence-corrected chi connectivity index (χ2v) is 9.14. The van der Waals surface area contributed by atoms with Crippen molar-refractivity contribution in [2.75, 3.05) is 10.6 Å². The second-order valence-electron chi connectivity index (χ2n) is 9.14. The first-order valence-corrected chi connectivity index (χ1v) is 11.7. The Hall–Kier alpha value is -4.47. The Balaban J connectivity index is 1.47. The van der Waals surface area contributed by atoms with Gasteiger partial charge >= 0.3 is 6.18 Å². The standard InChI is InChI=1S/C27H21F3N6O/c1-35-11-9-24(34-35)36(23-7-3-15-12-17(27(28,29)30)4-5-18(15)23)26(37)16-2-6-22-20(13-16)21-14-32-10-8-19(21)25(31)33-22/h2,4-6,8-14,23H,3,7H2,1H3,(H2,31,33). The lowest BCUT2D eigenvalue weighted by atomic mass is 10.0. The van der Waals surface area contributed by atoms with E-state index >= 15 is 0 Å². The maximum absolute atomic E-state index is 14.1. The fourth-order valence-corrected chi connectivity index (χ4v) is 5.12.